The molecule has 0 aliphatic carbocycles. The van der Waals surface area contributed by atoms with Crippen molar-refractivity contribution >= 4 is 17.6 Å². The molecule has 27 heavy (non-hydrogen) atoms. The van der Waals surface area contributed by atoms with E-state index in [1.807, 2.05) is 30.3 Å². The molecule has 0 fully saturated rings. The highest BCUT2D eigenvalue weighted by Crippen LogP contribution is 2.38. The van der Waals surface area contributed by atoms with Crippen molar-refractivity contribution in [2.24, 2.45) is 0 Å². The van der Waals surface area contributed by atoms with Gasteiger partial charge in [0, 0.05) is 5.56 Å². The highest BCUT2D eigenvalue weighted by Gasteiger charge is 2.21. The summed E-state index contributed by atoms with van der Waals surface area (Å²) in [5.41, 5.74) is 1.64. The first-order valence-corrected chi connectivity index (χ1v) is 8.77. The van der Waals surface area contributed by atoms with Crippen molar-refractivity contribution in [2.45, 2.75) is 13.5 Å². The first-order valence-electron chi connectivity index (χ1n) is 8.40. The van der Waals surface area contributed by atoms with Gasteiger partial charge in [0.25, 0.3) is 0 Å². The van der Waals surface area contributed by atoms with Gasteiger partial charge in [-0.25, -0.2) is 9.78 Å². The zero-order valence-corrected chi connectivity index (χ0v) is 15.3. The average Bonchev–Trinajstić information content (AvgIpc) is 3.09. The summed E-state index contributed by atoms with van der Waals surface area (Å²) in [6, 6.07) is 12.8. The van der Waals surface area contributed by atoms with Crippen molar-refractivity contribution < 1.29 is 23.4 Å². The fourth-order valence-corrected chi connectivity index (χ4v) is 3.04. The summed E-state index contributed by atoms with van der Waals surface area (Å²) in [4.78, 5) is 16.7. The van der Waals surface area contributed by atoms with Gasteiger partial charge in [0.05, 0.1) is 5.02 Å². The molecule has 1 aromatic heterocycles. The zero-order valence-electron chi connectivity index (χ0n) is 14.5. The number of carbonyl (C=O) groups is 1. The van der Waals surface area contributed by atoms with Crippen molar-refractivity contribution in [3.63, 3.8) is 0 Å². The maximum Gasteiger partial charge on any atom is 0.360 e. The molecule has 7 heteroatoms. The molecular weight excluding hydrogens is 370 g/mol. The number of aromatic nitrogens is 1. The Morgan fingerprint density at radius 3 is 2.78 bits per heavy atom. The van der Waals surface area contributed by atoms with Crippen molar-refractivity contribution in [1.29, 1.82) is 0 Å². The summed E-state index contributed by atoms with van der Waals surface area (Å²) in [6.07, 6.45) is 0. The third-order valence-corrected chi connectivity index (χ3v) is 4.32. The number of fused-ring (bicyclic) bond motifs is 1. The minimum absolute atomic E-state index is 0.0299. The lowest BCUT2D eigenvalue weighted by Crippen LogP contribution is -2.16. The number of rotatable bonds is 4. The monoisotopic (exact) mass is 385 g/mol. The van der Waals surface area contributed by atoms with E-state index in [1.54, 1.807) is 19.1 Å². The number of benzene rings is 2. The molecule has 1 aliphatic rings. The van der Waals surface area contributed by atoms with E-state index in [-0.39, 0.29) is 12.3 Å². The fraction of sp³-hybridized carbons (Fsp3) is 0.200. The molecule has 0 spiro atoms. The number of hydrogen-bond donors (Lipinski definition) is 0. The second kappa shape index (κ2) is 7.32. The molecule has 4 rings (SSSR count). The molecule has 0 atom stereocenters. The Bertz CT molecular complexity index is 984. The Hall–Kier alpha value is -2.99. The van der Waals surface area contributed by atoms with Gasteiger partial charge in [0.15, 0.2) is 17.2 Å². The third kappa shape index (κ3) is 3.61. The molecule has 0 saturated carbocycles. The van der Waals surface area contributed by atoms with Crippen LogP contribution in [0.5, 0.6) is 11.5 Å². The number of aryl methyl sites for hydroxylation is 1. The third-order valence-electron chi connectivity index (χ3n) is 4.04. The normalized spacial score (nSPS) is 12.7. The molecule has 2 aromatic carbocycles. The summed E-state index contributed by atoms with van der Waals surface area (Å²) >= 11 is 6.20. The molecule has 0 bridgehead atoms. The second-order valence-electron chi connectivity index (χ2n) is 5.97. The topological polar surface area (TPSA) is 70.8 Å². The van der Waals surface area contributed by atoms with Crippen LogP contribution in [0.25, 0.3) is 11.5 Å². The van der Waals surface area contributed by atoms with Crippen LogP contribution in [0.15, 0.2) is 46.9 Å². The van der Waals surface area contributed by atoms with E-state index in [0.717, 1.165) is 5.56 Å². The van der Waals surface area contributed by atoms with E-state index >= 15 is 0 Å². The van der Waals surface area contributed by atoms with Gasteiger partial charge >= 0.3 is 5.97 Å². The van der Waals surface area contributed by atoms with E-state index in [9.17, 15) is 4.79 Å². The summed E-state index contributed by atoms with van der Waals surface area (Å²) in [7, 11) is 0. The van der Waals surface area contributed by atoms with Gasteiger partial charge in [-0.1, -0.05) is 29.8 Å². The largest absolute Gasteiger partial charge is 0.486 e. The smallest absolute Gasteiger partial charge is 0.360 e. The molecule has 3 aromatic rings. The highest BCUT2D eigenvalue weighted by molar-refractivity contribution is 6.32. The molecule has 0 unspecified atom stereocenters. The van der Waals surface area contributed by atoms with Crippen LogP contribution in [-0.2, 0) is 11.3 Å². The molecule has 6 nitrogen and oxygen atoms in total. The van der Waals surface area contributed by atoms with Crippen LogP contribution in [0, 0.1) is 6.92 Å². The lowest BCUT2D eigenvalue weighted by Gasteiger charge is -2.20. The number of ether oxygens (including phenoxy) is 3. The standard InChI is InChI=1S/C20H16ClNO5/c1-12-17(22-19(27-12)14-5-3-2-4-6-14)20(23)26-11-13-9-15(21)18-16(10-13)24-7-8-25-18/h2-6,9-10H,7-8,11H2,1H3. The summed E-state index contributed by atoms with van der Waals surface area (Å²) < 4.78 is 22.0. The number of halogens is 1. The van der Waals surface area contributed by atoms with Crippen LogP contribution in [0.1, 0.15) is 21.8 Å². The lowest BCUT2D eigenvalue weighted by atomic mass is 10.2. The molecule has 1 aliphatic heterocycles. The van der Waals surface area contributed by atoms with Gasteiger partial charge in [-0.15, -0.1) is 0 Å². The van der Waals surface area contributed by atoms with E-state index < -0.39 is 5.97 Å². The predicted molar refractivity (Wildman–Crippen MR) is 98.2 cm³/mol. The first-order chi connectivity index (χ1) is 13.1. The molecule has 0 amide bonds. The van der Waals surface area contributed by atoms with Crippen LogP contribution in [0.2, 0.25) is 5.02 Å². The Labute approximate surface area is 160 Å². The summed E-state index contributed by atoms with van der Waals surface area (Å²) in [5, 5.41) is 0.419. The zero-order chi connectivity index (χ0) is 18.8. The van der Waals surface area contributed by atoms with Crippen LogP contribution in [0.3, 0.4) is 0 Å². The minimum atomic E-state index is -0.565. The van der Waals surface area contributed by atoms with Gasteiger partial charge in [0.2, 0.25) is 5.89 Å². The van der Waals surface area contributed by atoms with E-state index in [0.29, 0.717) is 46.9 Å². The number of nitrogens with zero attached hydrogens (tertiary/aromatic N) is 1. The minimum Gasteiger partial charge on any atom is -0.486 e. The quantitative estimate of drug-likeness (QED) is 0.618. The fourth-order valence-electron chi connectivity index (χ4n) is 2.75. The van der Waals surface area contributed by atoms with E-state index in [2.05, 4.69) is 4.98 Å². The van der Waals surface area contributed by atoms with Crippen molar-refractivity contribution in [3.05, 3.63) is 64.5 Å². The van der Waals surface area contributed by atoms with Gasteiger partial charge in [-0.2, -0.15) is 0 Å². The predicted octanol–water partition coefficient (Wildman–Crippen LogP) is 4.43. The Kier molecular flexibility index (Phi) is 4.73. The Morgan fingerprint density at radius 2 is 1.96 bits per heavy atom. The van der Waals surface area contributed by atoms with Crippen LogP contribution < -0.4 is 9.47 Å². The van der Waals surface area contributed by atoms with Gasteiger partial charge in [0.1, 0.15) is 25.6 Å². The molecular formula is C20H16ClNO5. The number of oxazole rings is 1. The molecule has 0 radical (unpaired) electrons. The van der Waals surface area contributed by atoms with E-state index in [4.69, 9.17) is 30.2 Å². The maximum absolute atomic E-state index is 12.4. The van der Waals surface area contributed by atoms with Crippen molar-refractivity contribution in [1.82, 2.24) is 4.98 Å². The van der Waals surface area contributed by atoms with E-state index in [1.165, 1.54) is 0 Å². The van der Waals surface area contributed by atoms with Crippen LogP contribution in [-0.4, -0.2) is 24.2 Å². The van der Waals surface area contributed by atoms with Crippen LogP contribution in [0.4, 0.5) is 0 Å². The lowest BCUT2D eigenvalue weighted by molar-refractivity contribution is 0.0464. The number of hydrogen-bond acceptors (Lipinski definition) is 6. The molecule has 138 valence electrons. The molecule has 0 saturated heterocycles. The highest BCUT2D eigenvalue weighted by atomic mass is 35.5. The van der Waals surface area contributed by atoms with Crippen molar-refractivity contribution in [2.75, 3.05) is 13.2 Å². The average molecular weight is 386 g/mol. The van der Waals surface area contributed by atoms with Gasteiger partial charge < -0.3 is 18.6 Å². The first kappa shape index (κ1) is 17.4. The maximum atomic E-state index is 12.4. The van der Waals surface area contributed by atoms with Gasteiger partial charge in [-0.3, -0.25) is 0 Å². The number of carbonyl (C=O) groups excluding carboxylic acids is 1. The number of esters is 1. The second-order valence-corrected chi connectivity index (χ2v) is 6.37. The molecule has 2 heterocycles. The van der Waals surface area contributed by atoms with Crippen LogP contribution >= 0.6 is 11.6 Å². The Morgan fingerprint density at radius 1 is 1.19 bits per heavy atom. The molecule has 0 N–H and O–H groups in total. The Balaban J connectivity index is 1.49. The summed E-state index contributed by atoms with van der Waals surface area (Å²) in [6.45, 7) is 2.61. The van der Waals surface area contributed by atoms with Crippen molar-refractivity contribution in [3.8, 4) is 23.0 Å². The SMILES string of the molecule is Cc1oc(-c2ccccc2)nc1C(=O)OCc1cc(Cl)c2c(c1)OCCO2. The summed E-state index contributed by atoms with van der Waals surface area (Å²) in [5.74, 6) is 1.27. The van der Waals surface area contributed by atoms with Gasteiger partial charge in [-0.05, 0) is 36.8 Å².